The molecule has 5 heteroatoms. The predicted molar refractivity (Wildman–Crippen MR) is 57.1 cm³/mol. The highest BCUT2D eigenvalue weighted by Crippen LogP contribution is 1.99. The van der Waals surface area contributed by atoms with Gasteiger partial charge in [-0.2, -0.15) is 0 Å². The highest BCUT2D eigenvalue weighted by atomic mass is 32.1. The summed E-state index contributed by atoms with van der Waals surface area (Å²) in [5, 5.41) is 7.91. The molecule has 1 heterocycles. The second kappa shape index (κ2) is 6.50. The van der Waals surface area contributed by atoms with Crippen molar-refractivity contribution in [3.05, 3.63) is 16.6 Å². The summed E-state index contributed by atoms with van der Waals surface area (Å²) in [4.78, 5) is 15.2. The molecule has 1 aromatic rings. The molecule has 0 radical (unpaired) electrons. The van der Waals surface area contributed by atoms with Crippen molar-refractivity contribution in [3.8, 4) is 0 Å². The molecule has 14 heavy (non-hydrogen) atoms. The van der Waals surface area contributed by atoms with Crippen molar-refractivity contribution < 1.29 is 4.79 Å². The molecule has 1 rings (SSSR count). The van der Waals surface area contributed by atoms with Crippen LogP contribution >= 0.6 is 11.3 Å². The van der Waals surface area contributed by atoms with Gasteiger partial charge in [-0.3, -0.25) is 4.79 Å². The van der Waals surface area contributed by atoms with Crippen LogP contribution in [0.4, 0.5) is 0 Å². The highest BCUT2D eigenvalue weighted by molar-refractivity contribution is 7.07. The second-order valence-electron chi connectivity index (χ2n) is 2.86. The van der Waals surface area contributed by atoms with E-state index >= 15 is 0 Å². The Kier molecular flexibility index (Phi) is 5.17. The van der Waals surface area contributed by atoms with Crippen molar-refractivity contribution in [1.82, 2.24) is 15.6 Å². The van der Waals surface area contributed by atoms with Crippen LogP contribution in [0.5, 0.6) is 0 Å². The van der Waals surface area contributed by atoms with Crippen LogP contribution in [0.1, 0.15) is 19.0 Å². The molecule has 1 aromatic heterocycles. The van der Waals surface area contributed by atoms with Gasteiger partial charge in [0.1, 0.15) is 0 Å². The number of rotatable bonds is 6. The Labute approximate surface area is 87.7 Å². The quantitative estimate of drug-likeness (QED) is 0.686. The van der Waals surface area contributed by atoms with E-state index in [1.54, 1.807) is 16.8 Å². The fourth-order valence-electron chi connectivity index (χ4n) is 1.03. The van der Waals surface area contributed by atoms with E-state index in [-0.39, 0.29) is 5.91 Å². The molecule has 2 N–H and O–H groups in total. The van der Waals surface area contributed by atoms with Crippen molar-refractivity contribution >= 4 is 17.2 Å². The molecule has 1 amide bonds. The van der Waals surface area contributed by atoms with Crippen LogP contribution in [0, 0.1) is 0 Å². The molecular weight excluding hydrogens is 198 g/mol. The van der Waals surface area contributed by atoms with Gasteiger partial charge in [0, 0.05) is 31.4 Å². The van der Waals surface area contributed by atoms with Gasteiger partial charge < -0.3 is 10.6 Å². The van der Waals surface area contributed by atoms with Crippen LogP contribution in [-0.4, -0.2) is 24.0 Å². The van der Waals surface area contributed by atoms with Gasteiger partial charge in [-0.25, -0.2) is 4.98 Å². The van der Waals surface area contributed by atoms with Gasteiger partial charge in [0.05, 0.1) is 11.2 Å². The van der Waals surface area contributed by atoms with Crippen molar-refractivity contribution in [1.29, 1.82) is 0 Å². The van der Waals surface area contributed by atoms with Gasteiger partial charge >= 0.3 is 0 Å². The zero-order valence-corrected chi connectivity index (χ0v) is 9.06. The van der Waals surface area contributed by atoms with Gasteiger partial charge in [0.2, 0.25) is 5.91 Å². The largest absolute Gasteiger partial charge is 0.356 e. The summed E-state index contributed by atoms with van der Waals surface area (Å²) in [5.41, 5.74) is 2.84. The molecular formula is C9H15N3OS. The molecule has 0 aliphatic carbocycles. The first-order valence-corrected chi connectivity index (χ1v) is 5.61. The first-order valence-electron chi connectivity index (χ1n) is 4.67. The van der Waals surface area contributed by atoms with Gasteiger partial charge in [-0.1, -0.05) is 0 Å². The fraction of sp³-hybridized carbons (Fsp3) is 0.556. The third-order valence-electron chi connectivity index (χ3n) is 1.69. The molecule has 0 aliphatic heterocycles. The van der Waals surface area contributed by atoms with Gasteiger partial charge in [0.25, 0.3) is 0 Å². The molecule has 0 fully saturated rings. The predicted octanol–water partition coefficient (Wildman–Crippen LogP) is 0.759. The molecule has 4 nitrogen and oxygen atoms in total. The Morgan fingerprint density at radius 1 is 1.64 bits per heavy atom. The number of carbonyl (C=O) groups excluding carboxylic acids is 1. The lowest BCUT2D eigenvalue weighted by atomic mass is 10.4. The summed E-state index contributed by atoms with van der Waals surface area (Å²) >= 11 is 1.58. The number of thiazole rings is 1. The molecule has 0 saturated carbocycles. The van der Waals surface area contributed by atoms with E-state index in [9.17, 15) is 4.79 Å². The third-order valence-corrected chi connectivity index (χ3v) is 2.33. The summed E-state index contributed by atoms with van der Waals surface area (Å²) in [5.74, 6) is 0.0956. The minimum atomic E-state index is 0.0956. The maximum Gasteiger partial charge on any atom is 0.221 e. The molecule has 0 aliphatic rings. The first-order chi connectivity index (χ1) is 6.83. The number of carbonyl (C=O) groups is 1. The third kappa shape index (κ3) is 4.34. The molecule has 0 unspecified atom stereocenters. The van der Waals surface area contributed by atoms with Crippen LogP contribution in [0.15, 0.2) is 10.9 Å². The number of nitrogens with zero attached hydrogens (tertiary/aromatic N) is 1. The Hall–Kier alpha value is -0.940. The topological polar surface area (TPSA) is 54.0 Å². The number of hydrogen-bond donors (Lipinski definition) is 2. The van der Waals surface area contributed by atoms with E-state index in [0.717, 1.165) is 12.2 Å². The SMILES string of the molecule is CCNC(=O)CCNCc1cscn1. The highest BCUT2D eigenvalue weighted by Gasteiger charge is 1.98. The number of hydrogen-bond acceptors (Lipinski definition) is 4. The van der Waals surface area contributed by atoms with E-state index in [1.165, 1.54) is 0 Å². The van der Waals surface area contributed by atoms with Crippen LogP contribution < -0.4 is 10.6 Å². The summed E-state index contributed by atoms with van der Waals surface area (Å²) in [6.45, 7) is 4.05. The van der Waals surface area contributed by atoms with Crippen LogP contribution in [0.3, 0.4) is 0 Å². The molecule has 0 spiro atoms. The van der Waals surface area contributed by atoms with E-state index in [0.29, 0.717) is 19.5 Å². The maximum atomic E-state index is 11.0. The van der Waals surface area contributed by atoms with E-state index < -0.39 is 0 Å². The van der Waals surface area contributed by atoms with Crippen LogP contribution in [-0.2, 0) is 11.3 Å². The lowest BCUT2D eigenvalue weighted by Crippen LogP contribution is -2.27. The van der Waals surface area contributed by atoms with Gasteiger partial charge in [0.15, 0.2) is 0 Å². The van der Waals surface area contributed by atoms with E-state index in [4.69, 9.17) is 0 Å². The lowest BCUT2D eigenvalue weighted by molar-refractivity contribution is -0.120. The van der Waals surface area contributed by atoms with Crippen LogP contribution in [0.25, 0.3) is 0 Å². The Balaban J connectivity index is 2.02. The van der Waals surface area contributed by atoms with E-state index in [2.05, 4.69) is 15.6 Å². The second-order valence-corrected chi connectivity index (χ2v) is 3.58. The molecule has 0 saturated heterocycles. The zero-order valence-electron chi connectivity index (χ0n) is 8.25. The fourth-order valence-corrected chi connectivity index (χ4v) is 1.59. The molecule has 0 aromatic carbocycles. The standard InChI is InChI=1S/C9H15N3OS/c1-2-11-9(13)3-4-10-5-8-6-14-7-12-8/h6-7,10H,2-5H2,1H3,(H,11,13). The smallest absolute Gasteiger partial charge is 0.221 e. The maximum absolute atomic E-state index is 11.0. The van der Waals surface area contributed by atoms with Crippen molar-refractivity contribution in [3.63, 3.8) is 0 Å². The number of nitrogens with one attached hydrogen (secondary N) is 2. The summed E-state index contributed by atoms with van der Waals surface area (Å²) in [6.07, 6.45) is 0.526. The van der Waals surface area contributed by atoms with Gasteiger partial charge in [-0.15, -0.1) is 11.3 Å². The average molecular weight is 213 g/mol. The normalized spacial score (nSPS) is 10.1. The Bertz CT molecular complexity index is 261. The van der Waals surface area contributed by atoms with Crippen molar-refractivity contribution in [2.45, 2.75) is 19.9 Å². The summed E-state index contributed by atoms with van der Waals surface area (Å²) in [6, 6.07) is 0. The van der Waals surface area contributed by atoms with Crippen LogP contribution in [0.2, 0.25) is 0 Å². The zero-order chi connectivity index (χ0) is 10.2. The molecule has 78 valence electrons. The summed E-state index contributed by atoms with van der Waals surface area (Å²) < 4.78 is 0. The first kappa shape index (κ1) is 11.1. The van der Waals surface area contributed by atoms with Crippen molar-refractivity contribution in [2.24, 2.45) is 0 Å². The summed E-state index contributed by atoms with van der Waals surface area (Å²) in [7, 11) is 0. The minimum absolute atomic E-state index is 0.0956. The number of amides is 1. The molecule has 0 atom stereocenters. The van der Waals surface area contributed by atoms with E-state index in [1.807, 2.05) is 12.3 Å². The molecule has 0 bridgehead atoms. The minimum Gasteiger partial charge on any atom is -0.356 e. The number of aromatic nitrogens is 1. The Morgan fingerprint density at radius 3 is 3.14 bits per heavy atom. The van der Waals surface area contributed by atoms with Gasteiger partial charge in [-0.05, 0) is 6.92 Å². The monoisotopic (exact) mass is 213 g/mol. The average Bonchev–Trinajstić information content (AvgIpc) is 2.65. The lowest BCUT2D eigenvalue weighted by Gasteiger charge is -2.02. The van der Waals surface area contributed by atoms with Crippen molar-refractivity contribution in [2.75, 3.05) is 13.1 Å². The Morgan fingerprint density at radius 2 is 2.50 bits per heavy atom.